The van der Waals surface area contributed by atoms with Crippen molar-refractivity contribution >= 4 is 23.5 Å². The summed E-state index contributed by atoms with van der Waals surface area (Å²) in [6.45, 7) is 2.79. The normalized spacial score (nSPS) is 12.2. The van der Waals surface area contributed by atoms with Crippen molar-refractivity contribution in [2.45, 2.75) is 89.8 Å². The lowest BCUT2D eigenvalue weighted by Crippen LogP contribution is -2.48. The minimum absolute atomic E-state index is 0.187. The van der Waals surface area contributed by atoms with Gasteiger partial charge in [-0.15, -0.1) is 0 Å². The van der Waals surface area contributed by atoms with Gasteiger partial charge >= 0.3 is 6.18 Å². The molecule has 8 heteroatoms. The first-order valence-electron chi connectivity index (χ1n) is 14.1. The minimum Gasteiger partial charge on any atom is -0.493 e. The zero-order valence-corrected chi connectivity index (χ0v) is 23.8. The summed E-state index contributed by atoms with van der Waals surface area (Å²) in [5, 5.41) is 2.24. The van der Waals surface area contributed by atoms with E-state index in [9.17, 15) is 22.8 Å². The fourth-order valence-electron chi connectivity index (χ4n) is 4.21. The summed E-state index contributed by atoms with van der Waals surface area (Å²) in [5.41, 5.74) is 0.681. The van der Waals surface area contributed by atoms with E-state index < -0.39 is 23.9 Å². The van der Waals surface area contributed by atoms with Crippen molar-refractivity contribution in [3.63, 3.8) is 0 Å². The Bertz CT molecular complexity index is 952. The van der Waals surface area contributed by atoms with Gasteiger partial charge in [0.2, 0.25) is 0 Å². The molecule has 1 atom stereocenters. The summed E-state index contributed by atoms with van der Waals surface area (Å²) in [6, 6.07) is 12.7. The third-order valence-corrected chi connectivity index (χ3v) is 7.47. The molecule has 0 heterocycles. The predicted molar refractivity (Wildman–Crippen MR) is 154 cm³/mol. The zero-order valence-electron chi connectivity index (χ0n) is 22.9. The average Bonchev–Trinajstić information content (AvgIpc) is 2.93. The molecule has 0 bridgehead atoms. The molecule has 0 fully saturated rings. The van der Waals surface area contributed by atoms with Crippen LogP contribution in [0.3, 0.4) is 0 Å². The maximum absolute atomic E-state index is 13.2. The summed E-state index contributed by atoms with van der Waals surface area (Å²) in [4.78, 5) is 24.4. The smallest absolute Gasteiger partial charge is 0.452 e. The lowest BCUT2D eigenvalue weighted by molar-refractivity contribution is -0.173. The van der Waals surface area contributed by atoms with E-state index >= 15 is 0 Å². The lowest BCUT2D eigenvalue weighted by atomic mass is 10.0. The van der Waals surface area contributed by atoms with Gasteiger partial charge < -0.3 is 10.1 Å². The van der Waals surface area contributed by atoms with Crippen LogP contribution in [0.4, 0.5) is 13.2 Å². The molecule has 4 nitrogen and oxygen atoms in total. The number of unbranched alkanes of at least 4 members (excludes halogenated alkanes) is 9. The molecule has 2 rings (SSSR count). The maximum atomic E-state index is 13.2. The number of hydrogen-bond donors (Lipinski definition) is 1. The first-order valence-corrected chi connectivity index (χ1v) is 15.2. The third kappa shape index (κ3) is 13.9. The summed E-state index contributed by atoms with van der Waals surface area (Å²) in [6.07, 6.45) is 7.92. The number of carbonyl (C=O) groups is 2. The largest absolute Gasteiger partial charge is 0.493 e. The molecule has 39 heavy (non-hydrogen) atoms. The Kier molecular flexibility index (Phi) is 15.7. The van der Waals surface area contributed by atoms with E-state index in [0.717, 1.165) is 11.5 Å². The number of Topliss-reactive ketones (excluding diaryl/α,β-unsaturated/α-hetero) is 1. The number of halogens is 3. The minimum atomic E-state index is -5.05. The van der Waals surface area contributed by atoms with Gasteiger partial charge in [-0.05, 0) is 42.0 Å². The summed E-state index contributed by atoms with van der Waals surface area (Å²) < 4.78 is 45.2. The van der Waals surface area contributed by atoms with Crippen molar-refractivity contribution in [1.82, 2.24) is 5.32 Å². The number of ether oxygens (including phenoxy) is 1. The van der Waals surface area contributed by atoms with E-state index in [-0.39, 0.29) is 12.0 Å². The van der Waals surface area contributed by atoms with Crippen LogP contribution in [0.1, 0.15) is 87.1 Å². The van der Waals surface area contributed by atoms with Crippen molar-refractivity contribution < 1.29 is 27.5 Å². The molecule has 216 valence electrons. The maximum Gasteiger partial charge on any atom is 0.452 e. The number of ketones is 1. The molecule has 0 aliphatic carbocycles. The standard InChI is InChI=1S/C31H42F3NO3S/c1-2-3-4-5-6-7-8-9-10-14-22-39-23-21-38-27-19-17-25(18-20-27)24-28(29(36)31(32,33)34)35-30(37)26-15-12-11-13-16-26/h11-13,15-20,28H,2-10,14,21-24H2,1H3,(H,35,37). The highest BCUT2D eigenvalue weighted by molar-refractivity contribution is 7.99. The van der Waals surface area contributed by atoms with E-state index in [1.807, 2.05) is 11.8 Å². The highest BCUT2D eigenvalue weighted by Crippen LogP contribution is 2.21. The number of nitrogens with one attached hydrogen (secondary N) is 1. The van der Waals surface area contributed by atoms with E-state index in [1.165, 1.54) is 76.3 Å². The van der Waals surface area contributed by atoms with Gasteiger partial charge in [-0.3, -0.25) is 9.59 Å². The summed E-state index contributed by atoms with van der Waals surface area (Å²) >= 11 is 1.86. The Morgan fingerprint density at radius 2 is 1.41 bits per heavy atom. The Morgan fingerprint density at radius 1 is 0.821 bits per heavy atom. The average molecular weight is 566 g/mol. The quantitative estimate of drug-likeness (QED) is 0.165. The number of thioether (sulfide) groups is 1. The number of amides is 1. The van der Waals surface area contributed by atoms with Gasteiger partial charge in [0.25, 0.3) is 11.7 Å². The van der Waals surface area contributed by atoms with Gasteiger partial charge in [-0.2, -0.15) is 24.9 Å². The second kappa shape index (κ2) is 18.7. The number of benzene rings is 2. The van der Waals surface area contributed by atoms with Crippen molar-refractivity contribution in [2.75, 3.05) is 18.1 Å². The number of hydrogen-bond acceptors (Lipinski definition) is 4. The Labute approximate surface area is 235 Å². The SMILES string of the molecule is CCCCCCCCCCCCSCCOc1ccc(CC(NC(=O)c2ccccc2)C(=O)C(F)(F)F)cc1. The van der Waals surface area contributed by atoms with E-state index in [2.05, 4.69) is 12.2 Å². The van der Waals surface area contributed by atoms with E-state index in [4.69, 9.17) is 4.74 Å². The van der Waals surface area contributed by atoms with Crippen LogP contribution in [-0.4, -0.2) is 42.0 Å². The number of carbonyl (C=O) groups excluding carboxylic acids is 2. The monoisotopic (exact) mass is 565 g/mol. The van der Waals surface area contributed by atoms with Gasteiger partial charge in [0.05, 0.1) is 6.61 Å². The van der Waals surface area contributed by atoms with Crippen LogP contribution >= 0.6 is 11.8 Å². The number of alkyl halides is 3. The van der Waals surface area contributed by atoms with Crippen LogP contribution in [-0.2, 0) is 11.2 Å². The van der Waals surface area contributed by atoms with Gasteiger partial charge in [0.15, 0.2) is 0 Å². The summed E-state index contributed by atoms with van der Waals surface area (Å²) in [7, 11) is 0. The first kappa shape index (κ1) is 32.7. The van der Waals surface area contributed by atoms with Crippen LogP contribution in [0, 0.1) is 0 Å². The van der Waals surface area contributed by atoms with Crippen molar-refractivity contribution in [3.8, 4) is 5.75 Å². The Morgan fingerprint density at radius 3 is 2.00 bits per heavy atom. The topological polar surface area (TPSA) is 55.4 Å². The Hall–Kier alpha value is -2.48. The van der Waals surface area contributed by atoms with Crippen LogP contribution < -0.4 is 10.1 Å². The van der Waals surface area contributed by atoms with Crippen LogP contribution in [0.2, 0.25) is 0 Å². The summed E-state index contributed by atoms with van der Waals surface area (Å²) in [5.74, 6) is -0.111. The molecule has 0 saturated carbocycles. The molecule has 0 aromatic heterocycles. The van der Waals surface area contributed by atoms with Crippen molar-refractivity contribution in [2.24, 2.45) is 0 Å². The lowest BCUT2D eigenvalue weighted by Gasteiger charge is -2.19. The molecule has 2 aromatic carbocycles. The molecular weight excluding hydrogens is 523 g/mol. The predicted octanol–water partition coefficient (Wildman–Crippen LogP) is 8.19. The third-order valence-electron chi connectivity index (χ3n) is 6.44. The van der Waals surface area contributed by atoms with Crippen LogP contribution in [0.5, 0.6) is 5.75 Å². The zero-order chi connectivity index (χ0) is 28.3. The van der Waals surface area contributed by atoms with Crippen LogP contribution in [0.15, 0.2) is 54.6 Å². The molecule has 0 aliphatic rings. The molecule has 0 saturated heterocycles. The second-order valence-electron chi connectivity index (χ2n) is 9.74. The molecule has 2 aromatic rings. The molecule has 1 N–H and O–H groups in total. The van der Waals surface area contributed by atoms with Gasteiger partial charge in [-0.25, -0.2) is 0 Å². The van der Waals surface area contributed by atoms with Gasteiger partial charge in [-0.1, -0.05) is 95.0 Å². The number of rotatable bonds is 20. The second-order valence-corrected chi connectivity index (χ2v) is 11.0. The fourth-order valence-corrected chi connectivity index (χ4v) is 5.02. The fraction of sp³-hybridized carbons (Fsp3) is 0.548. The molecule has 1 unspecified atom stereocenters. The van der Waals surface area contributed by atoms with Crippen molar-refractivity contribution in [1.29, 1.82) is 0 Å². The Balaban J connectivity index is 1.67. The van der Waals surface area contributed by atoms with Crippen molar-refractivity contribution in [3.05, 3.63) is 65.7 Å². The van der Waals surface area contributed by atoms with Gasteiger partial charge in [0, 0.05) is 17.7 Å². The molecular formula is C31H42F3NO3S. The highest BCUT2D eigenvalue weighted by Gasteiger charge is 2.44. The highest BCUT2D eigenvalue weighted by atomic mass is 32.2. The molecule has 0 radical (unpaired) electrons. The molecule has 0 aliphatic heterocycles. The first-order chi connectivity index (χ1) is 18.8. The van der Waals surface area contributed by atoms with Gasteiger partial charge in [0.1, 0.15) is 11.8 Å². The molecule has 1 amide bonds. The van der Waals surface area contributed by atoms with Crippen LogP contribution in [0.25, 0.3) is 0 Å². The van der Waals surface area contributed by atoms with E-state index in [0.29, 0.717) is 17.9 Å². The molecule has 0 spiro atoms. The van der Waals surface area contributed by atoms with E-state index in [1.54, 1.807) is 42.5 Å².